The lowest BCUT2D eigenvalue weighted by atomic mass is 10.2. The highest BCUT2D eigenvalue weighted by Gasteiger charge is 2.27. The lowest BCUT2D eigenvalue weighted by molar-refractivity contribution is -0.112. The number of aliphatic hydroxyl groups is 1. The highest BCUT2D eigenvalue weighted by atomic mass is 16.3. The number of aliphatic hydroxyl groups excluding tert-OH is 1. The lowest BCUT2D eigenvalue weighted by Gasteiger charge is -2.16. The Morgan fingerprint density at radius 2 is 2.33 bits per heavy atom. The van der Waals surface area contributed by atoms with E-state index in [9.17, 15) is 4.79 Å². The standard InChI is InChI=1S/C6H11NO2/c1-7-5(4-8)2-3-6(7)9/h4-6,9H,2-3H2,1H3/t5?,6-/m0/s1. The zero-order valence-corrected chi connectivity index (χ0v) is 5.45. The molecule has 1 rings (SSSR count). The van der Waals surface area contributed by atoms with Crippen molar-refractivity contribution in [2.24, 2.45) is 0 Å². The van der Waals surface area contributed by atoms with Gasteiger partial charge in [-0.05, 0) is 19.9 Å². The van der Waals surface area contributed by atoms with Crippen molar-refractivity contribution in [3.05, 3.63) is 0 Å². The molecule has 1 aliphatic heterocycles. The van der Waals surface area contributed by atoms with Gasteiger partial charge in [0.05, 0.1) is 6.04 Å². The zero-order valence-electron chi connectivity index (χ0n) is 5.45. The van der Waals surface area contributed by atoms with E-state index >= 15 is 0 Å². The molecule has 0 aliphatic carbocycles. The topological polar surface area (TPSA) is 40.5 Å². The summed E-state index contributed by atoms with van der Waals surface area (Å²) >= 11 is 0. The Bertz CT molecular complexity index is 116. The van der Waals surface area contributed by atoms with Crippen LogP contribution in [0.25, 0.3) is 0 Å². The number of carbonyl (C=O) groups excluding carboxylic acids is 1. The third kappa shape index (κ3) is 1.11. The first-order chi connectivity index (χ1) is 4.25. The summed E-state index contributed by atoms with van der Waals surface area (Å²) in [6.45, 7) is 0. The Labute approximate surface area is 54.3 Å². The fraction of sp³-hybridized carbons (Fsp3) is 0.833. The number of aldehydes is 1. The molecular formula is C6H11NO2. The van der Waals surface area contributed by atoms with E-state index in [4.69, 9.17) is 5.11 Å². The average Bonchev–Trinajstić information content (AvgIpc) is 2.15. The second-order valence-electron chi connectivity index (χ2n) is 2.43. The van der Waals surface area contributed by atoms with Crippen LogP contribution in [-0.2, 0) is 4.79 Å². The van der Waals surface area contributed by atoms with Crippen molar-refractivity contribution in [1.29, 1.82) is 0 Å². The number of likely N-dealkylation sites (N-methyl/N-ethyl adjacent to an activating group) is 1. The molecule has 1 N–H and O–H groups in total. The number of likely N-dealkylation sites (tertiary alicyclic amines) is 1. The Morgan fingerprint density at radius 1 is 1.67 bits per heavy atom. The Morgan fingerprint density at radius 3 is 2.56 bits per heavy atom. The summed E-state index contributed by atoms with van der Waals surface area (Å²) in [7, 11) is 1.76. The zero-order chi connectivity index (χ0) is 6.85. The fourth-order valence-electron chi connectivity index (χ4n) is 1.11. The van der Waals surface area contributed by atoms with Crippen molar-refractivity contribution < 1.29 is 9.90 Å². The predicted molar refractivity (Wildman–Crippen MR) is 32.9 cm³/mol. The highest BCUT2D eigenvalue weighted by Crippen LogP contribution is 2.17. The minimum atomic E-state index is -0.403. The van der Waals surface area contributed by atoms with Gasteiger partial charge in [-0.25, -0.2) is 0 Å². The van der Waals surface area contributed by atoms with Crippen LogP contribution in [0, 0.1) is 0 Å². The molecule has 1 fully saturated rings. The molecule has 0 aromatic rings. The van der Waals surface area contributed by atoms with Crippen molar-refractivity contribution in [1.82, 2.24) is 4.90 Å². The number of rotatable bonds is 1. The molecule has 3 nitrogen and oxygen atoms in total. The molecule has 1 saturated heterocycles. The lowest BCUT2D eigenvalue weighted by Crippen LogP contribution is -2.32. The van der Waals surface area contributed by atoms with Crippen LogP contribution >= 0.6 is 0 Å². The summed E-state index contributed by atoms with van der Waals surface area (Å²) in [4.78, 5) is 11.9. The first kappa shape index (κ1) is 6.71. The van der Waals surface area contributed by atoms with Gasteiger partial charge in [-0.15, -0.1) is 0 Å². The van der Waals surface area contributed by atoms with Crippen LogP contribution in [0.3, 0.4) is 0 Å². The molecule has 0 aromatic carbocycles. The molecule has 3 heteroatoms. The third-order valence-electron chi connectivity index (χ3n) is 1.87. The van der Waals surface area contributed by atoms with Crippen molar-refractivity contribution in [2.45, 2.75) is 25.1 Å². The van der Waals surface area contributed by atoms with Gasteiger partial charge in [-0.1, -0.05) is 0 Å². The summed E-state index contributed by atoms with van der Waals surface area (Å²) in [6.07, 6.45) is 2.00. The third-order valence-corrected chi connectivity index (χ3v) is 1.87. The molecule has 1 heterocycles. The fourth-order valence-corrected chi connectivity index (χ4v) is 1.11. The SMILES string of the molecule is CN1C(C=O)CC[C@@H]1O. The van der Waals surface area contributed by atoms with E-state index in [1.807, 2.05) is 0 Å². The van der Waals surface area contributed by atoms with Gasteiger partial charge < -0.3 is 9.90 Å². The molecule has 1 aliphatic rings. The number of hydrogen-bond donors (Lipinski definition) is 1. The van der Waals surface area contributed by atoms with Gasteiger partial charge in [0.1, 0.15) is 12.5 Å². The number of hydrogen-bond acceptors (Lipinski definition) is 3. The largest absolute Gasteiger partial charge is 0.378 e. The molecule has 1 unspecified atom stereocenters. The van der Waals surface area contributed by atoms with Crippen LogP contribution in [0.15, 0.2) is 0 Å². The van der Waals surface area contributed by atoms with Crippen LogP contribution in [0.2, 0.25) is 0 Å². The van der Waals surface area contributed by atoms with Crippen molar-refractivity contribution in [3.8, 4) is 0 Å². The predicted octanol–water partition coefficient (Wildman–Crippen LogP) is -0.402. The average molecular weight is 129 g/mol. The normalized spacial score (nSPS) is 37.1. The Hall–Kier alpha value is -0.410. The maximum absolute atomic E-state index is 10.2. The molecule has 0 radical (unpaired) electrons. The molecular weight excluding hydrogens is 118 g/mol. The van der Waals surface area contributed by atoms with Crippen LogP contribution in [0.5, 0.6) is 0 Å². The van der Waals surface area contributed by atoms with Crippen LogP contribution in [0.4, 0.5) is 0 Å². The van der Waals surface area contributed by atoms with Crippen LogP contribution < -0.4 is 0 Å². The molecule has 52 valence electrons. The molecule has 2 atom stereocenters. The van der Waals surface area contributed by atoms with Gasteiger partial charge in [-0.3, -0.25) is 4.90 Å². The summed E-state index contributed by atoms with van der Waals surface area (Å²) in [5, 5.41) is 9.07. The first-order valence-corrected chi connectivity index (χ1v) is 3.11. The first-order valence-electron chi connectivity index (χ1n) is 3.11. The quantitative estimate of drug-likeness (QED) is 0.490. The maximum atomic E-state index is 10.2. The molecule has 0 aromatic heterocycles. The highest BCUT2D eigenvalue weighted by molar-refractivity contribution is 5.58. The molecule has 0 bridgehead atoms. The van der Waals surface area contributed by atoms with Gasteiger partial charge in [0.2, 0.25) is 0 Å². The van der Waals surface area contributed by atoms with Gasteiger partial charge in [0.15, 0.2) is 0 Å². The van der Waals surface area contributed by atoms with Gasteiger partial charge in [-0.2, -0.15) is 0 Å². The Kier molecular flexibility index (Phi) is 1.83. The summed E-state index contributed by atoms with van der Waals surface area (Å²) in [5.74, 6) is 0. The van der Waals surface area contributed by atoms with Gasteiger partial charge in [0, 0.05) is 0 Å². The summed E-state index contributed by atoms with van der Waals surface area (Å²) in [6, 6.07) is -0.0556. The van der Waals surface area contributed by atoms with Crippen molar-refractivity contribution >= 4 is 6.29 Å². The van der Waals surface area contributed by atoms with E-state index in [0.717, 1.165) is 19.1 Å². The van der Waals surface area contributed by atoms with Crippen LogP contribution in [-0.4, -0.2) is 35.6 Å². The second kappa shape index (κ2) is 2.45. The van der Waals surface area contributed by atoms with Gasteiger partial charge in [0.25, 0.3) is 0 Å². The summed E-state index contributed by atoms with van der Waals surface area (Å²) < 4.78 is 0. The number of carbonyl (C=O) groups is 1. The second-order valence-corrected chi connectivity index (χ2v) is 2.43. The molecule has 0 saturated carbocycles. The van der Waals surface area contributed by atoms with E-state index in [-0.39, 0.29) is 6.04 Å². The molecule has 0 spiro atoms. The van der Waals surface area contributed by atoms with Crippen molar-refractivity contribution in [2.75, 3.05) is 7.05 Å². The minimum Gasteiger partial charge on any atom is -0.378 e. The number of nitrogens with zero attached hydrogens (tertiary/aromatic N) is 1. The minimum absolute atomic E-state index is 0.0556. The van der Waals surface area contributed by atoms with Crippen LogP contribution in [0.1, 0.15) is 12.8 Å². The van der Waals surface area contributed by atoms with E-state index in [2.05, 4.69) is 0 Å². The molecule has 9 heavy (non-hydrogen) atoms. The molecule has 0 amide bonds. The van der Waals surface area contributed by atoms with E-state index in [1.165, 1.54) is 0 Å². The van der Waals surface area contributed by atoms with E-state index in [1.54, 1.807) is 11.9 Å². The summed E-state index contributed by atoms with van der Waals surface area (Å²) in [5.41, 5.74) is 0. The van der Waals surface area contributed by atoms with Gasteiger partial charge >= 0.3 is 0 Å². The maximum Gasteiger partial charge on any atom is 0.137 e. The monoisotopic (exact) mass is 129 g/mol. The van der Waals surface area contributed by atoms with Crippen molar-refractivity contribution in [3.63, 3.8) is 0 Å². The van der Waals surface area contributed by atoms with E-state index < -0.39 is 6.23 Å². The smallest absolute Gasteiger partial charge is 0.137 e. The van der Waals surface area contributed by atoms with E-state index in [0.29, 0.717) is 0 Å². The Balaban J connectivity index is 2.50.